The lowest BCUT2D eigenvalue weighted by molar-refractivity contribution is 0.103. The van der Waals surface area contributed by atoms with Crippen LogP contribution >= 0.6 is 11.3 Å². The van der Waals surface area contributed by atoms with Gasteiger partial charge >= 0.3 is 0 Å². The molecule has 1 amide bonds. The summed E-state index contributed by atoms with van der Waals surface area (Å²) in [4.78, 5) is 29.9. The first-order valence-electron chi connectivity index (χ1n) is 9.99. The number of anilines is 1. The van der Waals surface area contributed by atoms with Crippen molar-refractivity contribution in [3.63, 3.8) is 0 Å². The third kappa shape index (κ3) is 4.00. The van der Waals surface area contributed by atoms with Gasteiger partial charge in [-0.1, -0.05) is 24.3 Å². The van der Waals surface area contributed by atoms with Crippen molar-refractivity contribution in [2.24, 2.45) is 0 Å². The number of benzene rings is 2. The molecule has 0 unspecified atom stereocenters. The Morgan fingerprint density at radius 1 is 1.09 bits per heavy atom. The number of amides is 1. The Hall–Kier alpha value is -3.91. The summed E-state index contributed by atoms with van der Waals surface area (Å²) >= 11 is 1.31. The van der Waals surface area contributed by atoms with E-state index in [2.05, 4.69) is 25.3 Å². The van der Waals surface area contributed by atoms with E-state index >= 15 is 0 Å². The Morgan fingerprint density at radius 2 is 1.94 bits per heavy atom. The van der Waals surface area contributed by atoms with Crippen LogP contribution < -0.4 is 5.32 Å². The van der Waals surface area contributed by atoms with Crippen LogP contribution in [0.25, 0.3) is 21.7 Å². The maximum absolute atomic E-state index is 13.9. The third-order valence-corrected chi connectivity index (χ3v) is 6.17. The van der Waals surface area contributed by atoms with Crippen LogP contribution in [0.3, 0.4) is 0 Å². The zero-order valence-corrected chi connectivity index (χ0v) is 17.9. The molecule has 32 heavy (non-hydrogen) atoms. The lowest BCUT2D eigenvalue weighted by Gasteiger charge is -2.03. The summed E-state index contributed by atoms with van der Waals surface area (Å²) < 4.78 is 13.9. The molecule has 8 heteroatoms. The maximum atomic E-state index is 13.9. The molecule has 6 nitrogen and oxygen atoms in total. The van der Waals surface area contributed by atoms with Gasteiger partial charge in [0, 0.05) is 18.3 Å². The van der Waals surface area contributed by atoms with Crippen LogP contribution in [-0.4, -0.2) is 25.8 Å². The van der Waals surface area contributed by atoms with E-state index < -0.39 is 0 Å². The minimum atomic E-state index is -0.258. The fourth-order valence-electron chi connectivity index (χ4n) is 3.44. The molecule has 0 radical (unpaired) electrons. The molecule has 5 rings (SSSR count). The number of pyridine rings is 1. The van der Waals surface area contributed by atoms with E-state index in [1.807, 2.05) is 37.3 Å². The molecule has 0 aliphatic heterocycles. The van der Waals surface area contributed by atoms with Gasteiger partial charge in [-0.05, 0) is 48.9 Å². The highest BCUT2D eigenvalue weighted by Crippen LogP contribution is 2.27. The molecule has 0 bridgehead atoms. The Kier molecular flexibility index (Phi) is 5.20. The molecule has 0 saturated heterocycles. The molecule has 0 aliphatic rings. The lowest BCUT2D eigenvalue weighted by Crippen LogP contribution is -2.11. The first-order valence-corrected chi connectivity index (χ1v) is 10.8. The number of H-pyrrole nitrogens is 1. The average Bonchev–Trinajstić information content (AvgIpc) is 3.38. The van der Waals surface area contributed by atoms with Gasteiger partial charge in [0.2, 0.25) is 0 Å². The van der Waals surface area contributed by atoms with Crippen LogP contribution in [-0.2, 0) is 6.42 Å². The Morgan fingerprint density at radius 3 is 2.75 bits per heavy atom. The van der Waals surface area contributed by atoms with Crippen molar-refractivity contribution in [2.45, 2.75) is 13.3 Å². The molecule has 3 aromatic heterocycles. The summed E-state index contributed by atoms with van der Waals surface area (Å²) in [5.41, 5.74) is 4.12. The van der Waals surface area contributed by atoms with E-state index in [9.17, 15) is 9.18 Å². The van der Waals surface area contributed by atoms with Gasteiger partial charge in [0.25, 0.3) is 5.91 Å². The number of aryl methyl sites for hydroxylation is 1. The number of carbonyl (C=O) groups excluding carboxylic acids is 1. The third-order valence-electron chi connectivity index (χ3n) is 4.99. The number of halogens is 1. The number of nitrogens with one attached hydrogen (secondary N) is 2. The van der Waals surface area contributed by atoms with Crippen molar-refractivity contribution >= 4 is 34.0 Å². The number of imidazole rings is 1. The van der Waals surface area contributed by atoms with Crippen LogP contribution in [0.5, 0.6) is 0 Å². The predicted molar refractivity (Wildman–Crippen MR) is 123 cm³/mol. The first kappa shape index (κ1) is 20.0. The first-order chi connectivity index (χ1) is 15.6. The molecule has 2 aromatic carbocycles. The van der Waals surface area contributed by atoms with Crippen molar-refractivity contribution < 1.29 is 9.18 Å². The number of aromatic nitrogens is 4. The van der Waals surface area contributed by atoms with Gasteiger partial charge in [-0.3, -0.25) is 9.78 Å². The summed E-state index contributed by atoms with van der Waals surface area (Å²) in [5, 5.41) is 3.63. The van der Waals surface area contributed by atoms with Gasteiger partial charge in [0.15, 0.2) is 0 Å². The topological polar surface area (TPSA) is 83.6 Å². The van der Waals surface area contributed by atoms with Crippen molar-refractivity contribution in [1.29, 1.82) is 0 Å². The molecule has 3 heterocycles. The Labute approximate surface area is 187 Å². The standard InChI is InChI=1S/C24H18FN5OS/c1-14-22(32-24(27-14)19-8-4-5-11-26-19)23(31)28-16-9-10-18-20(13-16)30-21(29-18)12-15-6-2-3-7-17(15)25/h2-11,13H,12H2,1H3,(H,28,31)(H,29,30). The van der Waals surface area contributed by atoms with Crippen molar-refractivity contribution in [3.8, 4) is 10.7 Å². The second kappa shape index (κ2) is 8.32. The van der Waals surface area contributed by atoms with Gasteiger partial charge in [-0.15, -0.1) is 11.3 Å². The molecule has 158 valence electrons. The molecule has 0 spiro atoms. The van der Waals surface area contributed by atoms with E-state index in [0.29, 0.717) is 39.1 Å². The normalized spacial score (nSPS) is 11.1. The molecular formula is C24H18FN5OS. The molecular weight excluding hydrogens is 425 g/mol. The van der Waals surface area contributed by atoms with Crippen molar-refractivity contribution in [2.75, 3.05) is 5.32 Å². The van der Waals surface area contributed by atoms with E-state index in [1.165, 1.54) is 17.4 Å². The zero-order chi connectivity index (χ0) is 22.1. The number of thiazole rings is 1. The van der Waals surface area contributed by atoms with Crippen LogP contribution in [0.2, 0.25) is 0 Å². The minimum Gasteiger partial charge on any atom is -0.342 e. The summed E-state index contributed by atoms with van der Waals surface area (Å²) in [6.07, 6.45) is 2.06. The second-order valence-electron chi connectivity index (χ2n) is 7.29. The van der Waals surface area contributed by atoms with Crippen LogP contribution in [0, 0.1) is 12.7 Å². The number of fused-ring (bicyclic) bond motifs is 1. The van der Waals surface area contributed by atoms with Gasteiger partial charge in [-0.2, -0.15) is 0 Å². The fraction of sp³-hybridized carbons (Fsp3) is 0.0833. The molecule has 2 N–H and O–H groups in total. The zero-order valence-electron chi connectivity index (χ0n) is 17.1. The van der Waals surface area contributed by atoms with Crippen molar-refractivity contribution in [1.82, 2.24) is 19.9 Å². The van der Waals surface area contributed by atoms with Crippen molar-refractivity contribution in [3.05, 3.63) is 94.6 Å². The summed E-state index contributed by atoms with van der Waals surface area (Å²) in [6, 6.07) is 17.7. The molecule has 0 fully saturated rings. The quantitative estimate of drug-likeness (QED) is 0.382. The molecule has 0 atom stereocenters. The number of hydrogen-bond acceptors (Lipinski definition) is 5. The van der Waals surface area contributed by atoms with Gasteiger partial charge in [-0.25, -0.2) is 14.4 Å². The Balaban J connectivity index is 1.36. The number of carbonyl (C=O) groups is 1. The van der Waals surface area contributed by atoms with Crippen LogP contribution in [0.4, 0.5) is 10.1 Å². The number of rotatable bonds is 5. The lowest BCUT2D eigenvalue weighted by atomic mass is 10.1. The maximum Gasteiger partial charge on any atom is 0.267 e. The van der Waals surface area contributed by atoms with Crippen LogP contribution in [0.15, 0.2) is 66.9 Å². The highest BCUT2D eigenvalue weighted by molar-refractivity contribution is 7.17. The number of aromatic amines is 1. The van der Waals surface area contributed by atoms with E-state index in [1.54, 1.807) is 30.5 Å². The van der Waals surface area contributed by atoms with E-state index in [0.717, 1.165) is 16.7 Å². The van der Waals surface area contributed by atoms with Gasteiger partial charge < -0.3 is 10.3 Å². The summed E-state index contributed by atoms with van der Waals surface area (Å²) in [7, 11) is 0. The highest BCUT2D eigenvalue weighted by atomic mass is 32.1. The van der Waals surface area contributed by atoms with Gasteiger partial charge in [0.1, 0.15) is 21.5 Å². The minimum absolute atomic E-state index is 0.229. The SMILES string of the molecule is Cc1nc(-c2ccccn2)sc1C(=O)Nc1ccc2nc(Cc3ccccc3F)[nH]c2c1. The smallest absolute Gasteiger partial charge is 0.267 e. The monoisotopic (exact) mass is 443 g/mol. The predicted octanol–water partition coefficient (Wildman–Crippen LogP) is 5.37. The fourth-order valence-corrected chi connectivity index (χ4v) is 4.38. The molecule has 0 aliphatic carbocycles. The largest absolute Gasteiger partial charge is 0.342 e. The molecule has 0 saturated carbocycles. The van der Waals surface area contributed by atoms with E-state index in [4.69, 9.17) is 0 Å². The average molecular weight is 444 g/mol. The van der Waals surface area contributed by atoms with Crippen LogP contribution in [0.1, 0.15) is 26.8 Å². The number of nitrogens with zero attached hydrogens (tertiary/aromatic N) is 3. The van der Waals surface area contributed by atoms with E-state index in [-0.39, 0.29) is 11.7 Å². The summed E-state index contributed by atoms with van der Waals surface area (Å²) in [6.45, 7) is 1.81. The highest BCUT2D eigenvalue weighted by Gasteiger charge is 2.17. The summed E-state index contributed by atoms with van der Waals surface area (Å²) in [5.74, 6) is 0.172. The number of hydrogen-bond donors (Lipinski definition) is 2. The van der Waals surface area contributed by atoms with Gasteiger partial charge in [0.05, 0.1) is 22.4 Å². The molecule has 5 aromatic rings. The second-order valence-corrected chi connectivity index (χ2v) is 8.29. The Bertz CT molecular complexity index is 1430.